The second-order valence-corrected chi connectivity index (χ2v) is 8.18. The van der Waals surface area contributed by atoms with Crippen LogP contribution in [0.5, 0.6) is 0 Å². The minimum absolute atomic E-state index is 0.0824. The maximum absolute atomic E-state index is 12.7. The van der Waals surface area contributed by atoms with E-state index in [2.05, 4.69) is 6.92 Å². The maximum atomic E-state index is 12.7. The molecule has 2 unspecified atom stereocenters. The number of hydrogen-bond acceptors (Lipinski definition) is 3. The van der Waals surface area contributed by atoms with Crippen molar-refractivity contribution in [2.75, 3.05) is 7.05 Å². The van der Waals surface area contributed by atoms with Gasteiger partial charge in [0.2, 0.25) is 10.0 Å². The lowest BCUT2D eigenvalue weighted by molar-refractivity contribution is 0.213. The first kappa shape index (κ1) is 16.4. The van der Waals surface area contributed by atoms with E-state index in [1.54, 1.807) is 31.3 Å². The number of rotatable bonds is 4. The quantitative estimate of drug-likeness (QED) is 0.864. The first-order chi connectivity index (χ1) is 9.84. The van der Waals surface area contributed by atoms with Crippen molar-refractivity contribution in [3.05, 3.63) is 29.8 Å². The summed E-state index contributed by atoms with van der Waals surface area (Å²) in [4.78, 5) is 0.566. The third-order valence-corrected chi connectivity index (χ3v) is 6.48. The van der Waals surface area contributed by atoms with Crippen molar-refractivity contribution in [3.63, 3.8) is 0 Å². The van der Waals surface area contributed by atoms with Crippen molar-refractivity contribution >= 4 is 27.2 Å². The van der Waals surface area contributed by atoms with Crippen LogP contribution in [0.3, 0.4) is 0 Å². The molecule has 1 saturated carbocycles. The van der Waals surface area contributed by atoms with Gasteiger partial charge in [0.25, 0.3) is 0 Å². The Morgan fingerprint density at radius 3 is 2.33 bits per heavy atom. The van der Waals surface area contributed by atoms with Crippen LogP contribution >= 0.6 is 12.2 Å². The molecule has 1 aromatic rings. The smallest absolute Gasteiger partial charge is 0.243 e. The average molecular weight is 326 g/mol. The second kappa shape index (κ2) is 6.42. The normalized spacial score (nSPS) is 23.2. The number of nitrogens with zero attached hydrogens (tertiary/aromatic N) is 1. The summed E-state index contributed by atoms with van der Waals surface area (Å²) in [5.74, 6) is 0.398. The van der Waals surface area contributed by atoms with Gasteiger partial charge in [-0.15, -0.1) is 0 Å². The van der Waals surface area contributed by atoms with Crippen molar-refractivity contribution in [1.29, 1.82) is 0 Å². The third kappa shape index (κ3) is 3.44. The topological polar surface area (TPSA) is 63.4 Å². The second-order valence-electron chi connectivity index (χ2n) is 5.74. The molecule has 0 aliphatic heterocycles. The van der Waals surface area contributed by atoms with Gasteiger partial charge in [-0.2, -0.15) is 4.31 Å². The highest BCUT2D eigenvalue weighted by Crippen LogP contribution is 2.30. The fourth-order valence-electron chi connectivity index (χ4n) is 2.97. The van der Waals surface area contributed by atoms with E-state index in [0.717, 1.165) is 19.3 Å². The van der Waals surface area contributed by atoms with Gasteiger partial charge in [0.1, 0.15) is 4.99 Å². The van der Waals surface area contributed by atoms with Crippen LogP contribution in [0.2, 0.25) is 0 Å². The Balaban J connectivity index is 2.26. The zero-order valence-corrected chi connectivity index (χ0v) is 14.1. The number of benzene rings is 1. The molecule has 1 aliphatic rings. The summed E-state index contributed by atoms with van der Waals surface area (Å²) in [5, 5.41) is 0. The van der Waals surface area contributed by atoms with Gasteiger partial charge in [-0.3, -0.25) is 0 Å². The van der Waals surface area contributed by atoms with Gasteiger partial charge in [0.15, 0.2) is 0 Å². The molecule has 0 saturated heterocycles. The van der Waals surface area contributed by atoms with Crippen LogP contribution in [-0.2, 0) is 10.0 Å². The van der Waals surface area contributed by atoms with Gasteiger partial charge >= 0.3 is 0 Å². The summed E-state index contributed by atoms with van der Waals surface area (Å²) >= 11 is 4.89. The van der Waals surface area contributed by atoms with Crippen molar-refractivity contribution in [3.8, 4) is 0 Å². The molecule has 21 heavy (non-hydrogen) atoms. The molecule has 0 amide bonds. The predicted octanol–water partition coefficient (Wildman–Crippen LogP) is 2.52. The molecule has 0 spiro atoms. The van der Waals surface area contributed by atoms with E-state index in [0.29, 0.717) is 16.4 Å². The molecule has 4 nitrogen and oxygen atoms in total. The average Bonchev–Trinajstić information content (AvgIpc) is 2.47. The SMILES string of the molecule is CC1CCCCC1N(C)S(=O)(=O)c1ccc(C(N)=S)cc1. The molecule has 0 heterocycles. The maximum Gasteiger partial charge on any atom is 0.243 e. The van der Waals surface area contributed by atoms with Crippen molar-refractivity contribution < 1.29 is 8.42 Å². The molecule has 0 radical (unpaired) electrons. The monoisotopic (exact) mass is 326 g/mol. The van der Waals surface area contributed by atoms with E-state index in [1.807, 2.05) is 0 Å². The van der Waals surface area contributed by atoms with Gasteiger partial charge in [0, 0.05) is 18.7 Å². The summed E-state index contributed by atoms with van der Waals surface area (Å²) in [6.45, 7) is 2.13. The molecule has 116 valence electrons. The molecule has 1 aliphatic carbocycles. The van der Waals surface area contributed by atoms with Gasteiger partial charge in [-0.25, -0.2) is 8.42 Å². The largest absolute Gasteiger partial charge is 0.389 e. The Hall–Kier alpha value is -0.980. The number of hydrogen-bond donors (Lipinski definition) is 1. The molecule has 2 N–H and O–H groups in total. The molecular weight excluding hydrogens is 304 g/mol. The molecule has 0 bridgehead atoms. The summed E-state index contributed by atoms with van der Waals surface area (Å²) in [6, 6.07) is 6.56. The fraction of sp³-hybridized carbons (Fsp3) is 0.533. The minimum Gasteiger partial charge on any atom is -0.389 e. The zero-order valence-electron chi connectivity index (χ0n) is 12.5. The van der Waals surface area contributed by atoms with Gasteiger partial charge in [-0.05, 0) is 30.9 Å². The third-order valence-electron chi connectivity index (χ3n) is 4.35. The van der Waals surface area contributed by atoms with E-state index in [4.69, 9.17) is 18.0 Å². The zero-order chi connectivity index (χ0) is 15.6. The Morgan fingerprint density at radius 1 is 1.24 bits per heavy atom. The summed E-state index contributed by atoms with van der Waals surface area (Å²) in [5.41, 5.74) is 6.22. The van der Waals surface area contributed by atoms with Crippen LogP contribution in [0.15, 0.2) is 29.2 Å². The van der Waals surface area contributed by atoms with Crippen molar-refractivity contribution in [1.82, 2.24) is 4.31 Å². The lowest BCUT2D eigenvalue weighted by atomic mass is 9.86. The number of nitrogens with two attached hydrogens (primary N) is 1. The molecule has 2 atom stereocenters. The number of thiocarbonyl (C=S) groups is 1. The van der Waals surface area contributed by atoms with Crippen LogP contribution in [0.25, 0.3) is 0 Å². The fourth-order valence-corrected chi connectivity index (χ4v) is 4.59. The van der Waals surface area contributed by atoms with Gasteiger partial charge < -0.3 is 5.73 Å². The summed E-state index contributed by atoms with van der Waals surface area (Å²) < 4.78 is 27.0. The van der Waals surface area contributed by atoms with Crippen molar-refractivity contribution in [2.24, 2.45) is 11.7 Å². The molecular formula is C15H22N2O2S2. The van der Waals surface area contributed by atoms with E-state index < -0.39 is 10.0 Å². The van der Waals surface area contributed by atoms with E-state index >= 15 is 0 Å². The van der Waals surface area contributed by atoms with Gasteiger partial charge in [0.05, 0.1) is 4.90 Å². The molecule has 1 fully saturated rings. The first-order valence-corrected chi connectivity index (χ1v) is 9.07. The molecule has 0 aromatic heterocycles. The summed E-state index contributed by atoms with van der Waals surface area (Å²) in [6.07, 6.45) is 4.30. The Labute approximate surface area is 132 Å². The highest BCUT2D eigenvalue weighted by Gasteiger charge is 2.32. The molecule has 1 aromatic carbocycles. The van der Waals surface area contributed by atoms with E-state index in [1.165, 1.54) is 10.7 Å². The van der Waals surface area contributed by atoms with Crippen molar-refractivity contribution in [2.45, 2.75) is 43.5 Å². The lowest BCUT2D eigenvalue weighted by Crippen LogP contribution is -2.42. The number of sulfonamides is 1. The van der Waals surface area contributed by atoms with E-state index in [9.17, 15) is 8.42 Å². The van der Waals surface area contributed by atoms with Gasteiger partial charge in [-0.1, -0.05) is 44.1 Å². The van der Waals surface area contributed by atoms with Crippen LogP contribution in [0.1, 0.15) is 38.2 Å². The van der Waals surface area contributed by atoms with Crippen LogP contribution < -0.4 is 5.73 Å². The standard InChI is InChI=1S/C15H22N2O2S2/c1-11-5-3-4-6-14(11)17(2)21(18,19)13-9-7-12(8-10-13)15(16)20/h7-11,14H,3-6H2,1-2H3,(H2,16,20). The highest BCUT2D eigenvalue weighted by molar-refractivity contribution is 7.89. The Morgan fingerprint density at radius 2 is 1.81 bits per heavy atom. The van der Waals surface area contributed by atoms with Crippen LogP contribution in [0, 0.1) is 5.92 Å². The highest BCUT2D eigenvalue weighted by atomic mass is 32.2. The van der Waals surface area contributed by atoms with Crippen LogP contribution in [0.4, 0.5) is 0 Å². The first-order valence-electron chi connectivity index (χ1n) is 7.22. The summed E-state index contributed by atoms with van der Waals surface area (Å²) in [7, 11) is -1.78. The molecule has 6 heteroatoms. The Kier molecular flexibility index (Phi) is 5.01. The lowest BCUT2D eigenvalue weighted by Gasteiger charge is -2.35. The predicted molar refractivity (Wildman–Crippen MR) is 88.7 cm³/mol. The van der Waals surface area contributed by atoms with Crippen LogP contribution in [-0.4, -0.2) is 30.8 Å². The molecule has 2 rings (SSSR count). The Bertz CT molecular complexity index is 611. The van der Waals surface area contributed by atoms with E-state index in [-0.39, 0.29) is 11.0 Å². The minimum atomic E-state index is -3.46.